The lowest BCUT2D eigenvalue weighted by Gasteiger charge is -2.37. The summed E-state index contributed by atoms with van der Waals surface area (Å²) in [5, 5.41) is 0.777. The molecule has 1 aliphatic heterocycles. The van der Waals surface area contributed by atoms with E-state index in [1.807, 2.05) is 29.2 Å². The topological polar surface area (TPSA) is 36.3 Å². The van der Waals surface area contributed by atoms with Crippen LogP contribution < -0.4 is 0 Å². The monoisotopic (exact) mass is 320 g/mol. The van der Waals surface area contributed by atoms with Crippen LogP contribution in [0, 0.1) is 0 Å². The Morgan fingerprint density at radius 3 is 2.64 bits per heavy atom. The minimum Gasteiger partial charge on any atom is -0.348 e. The van der Waals surface area contributed by atoms with Crippen molar-refractivity contribution in [3.8, 4) is 0 Å². The Bertz CT molecular complexity index is 563. The maximum Gasteiger partial charge on any atom is 0.186 e. The zero-order chi connectivity index (χ0) is 15.3. The van der Waals surface area contributed by atoms with Gasteiger partial charge in [-0.05, 0) is 37.0 Å². The van der Waals surface area contributed by atoms with Crippen LogP contribution in [0.1, 0.15) is 24.8 Å². The summed E-state index contributed by atoms with van der Waals surface area (Å²) in [5.74, 6) is -0.522. The molecule has 1 fully saturated rings. The molecule has 0 spiro atoms. The second kappa shape index (κ2) is 7.27. The van der Waals surface area contributed by atoms with Gasteiger partial charge >= 0.3 is 0 Å². The highest BCUT2D eigenvalue weighted by molar-refractivity contribution is 6.30. The van der Waals surface area contributed by atoms with Crippen LogP contribution in [-0.2, 0) is 22.4 Å². The molecule has 4 nitrogen and oxygen atoms in total. The third-order valence-electron chi connectivity index (χ3n) is 3.94. The largest absolute Gasteiger partial charge is 0.348 e. The van der Waals surface area contributed by atoms with Crippen molar-refractivity contribution in [3.05, 3.63) is 53.6 Å². The van der Waals surface area contributed by atoms with Crippen LogP contribution in [0.15, 0.2) is 43.0 Å². The molecule has 0 N–H and O–H groups in total. The first kappa shape index (κ1) is 15.5. The summed E-state index contributed by atoms with van der Waals surface area (Å²) in [6.07, 6.45) is 9.37. The Hall–Kier alpha value is -1.36. The quantitative estimate of drug-likeness (QED) is 0.814. The van der Waals surface area contributed by atoms with E-state index >= 15 is 0 Å². The van der Waals surface area contributed by atoms with Crippen LogP contribution in [0.5, 0.6) is 0 Å². The van der Waals surface area contributed by atoms with E-state index in [1.54, 1.807) is 6.20 Å². The Morgan fingerprint density at radius 2 is 1.95 bits per heavy atom. The van der Waals surface area contributed by atoms with Crippen molar-refractivity contribution in [1.82, 2.24) is 9.55 Å². The Labute approximate surface area is 136 Å². The Balaban J connectivity index is 1.59. The van der Waals surface area contributed by atoms with Crippen LogP contribution in [0.25, 0.3) is 0 Å². The highest BCUT2D eigenvalue weighted by atomic mass is 35.5. The van der Waals surface area contributed by atoms with Gasteiger partial charge in [-0.2, -0.15) is 0 Å². The molecule has 2 heterocycles. The summed E-state index contributed by atoms with van der Waals surface area (Å²) in [6, 6.07) is 8.03. The van der Waals surface area contributed by atoms with Gasteiger partial charge in [-0.15, -0.1) is 0 Å². The molecular weight excluding hydrogens is 300 g/mol. The molecule has 0 atom stereocenters. The van der Waals surface area contributed by atoms with Crippen molar-refractivity contribution < 1.29 is 9.47 Å². The number of imidazole rings is 1. The number of benzene rings is 1. The first-order chi connectivity index (χ1) is 10.8. The van der Waals surface area contributed by atoms with E-state index in [0.717, 1.165) is 43.9 Å². The molecule has 118 valence electrons. The highest BCUT2D eigenvalue weighted by Gasteiger charge is 2.34. The van der Waals surface area contributed by atoms with Gasteiger partial charge in [-0.3, -0.25) is 0 Å². The van der Waals surface area contributed by atoms with Gasteiger partial charge in [0.25, 0.3) is 0 Å². The molecular formula is C17H21ClN2O2. The van der Waals surface area contributed by atoms with Crippen molar-refractivity contribution in [3.63, 3.8) is 0 Å². The molecule has 1 aromatic carbocycles. The molecule has 0 saturated carbocycles. The van der Waals surface area contributed by atoms with Crippen molar-refractivity contribution >= 4 is 11.6 Å². The molecule has 2 aromatic rings. The molecule has 1 saturated heterocycles. The smallest absolute Gasteiger partial charge is 0.186 e. The first-order valence-corrected chi connectivity index (χ1v) is 8.12. The number of hydrogen-bond donors (Lipinski definition) is 0. The van der Waals surface area contributed by atoms with E-state index in [1.165, 1.54) is 5.56 Å². The van der Waals surface area contributed by atoms with Gasteiger partial charge in [0, 0.05) is 23.8 Å². The molecule has 0 bridgehead atoms. The van der Waals surface area contributed by atoms with Gasteiger partial charge < -0.3 is 14.0 Å². The first-order valence-electron chi connectivity index (χ1n) is 7.74. The maximum atomic E-state index is 6.00. The molecule has 22 heavy (non-hydrogen) atoms. The van der Waals surface area contributed by atoms with Crippen molar-refractivity contribution in [2.24, 2.45) is 0 Å². The Kier molecular flexibility index (Phi) is 5.13. The van der Waals surface area contributed by atoms with Crippen LogP contribution in [0.3, 0.4) is 0 Å². The molecule has 1 aromatic heterocycles. The van der Waals surface area contributed by atoms with E-state index in [4.69, 9.17) is 21.1 Å². The lowest BCUT2D eigenvalue weighted by atomic mass is 10.0. The molecule has 3 rings (SSSR count). The maximum absolute atomic E-state index is 6.00. The number of halogens is 1. The fourth-order valence-corrected chi connectivity index (χ4v) is 2.93. The third-order valence-corrected chi connectivity index (χ3v) is 4.19. The number of hydrogen-bond acceptors (Lipinski definition) is 3. The average Bonchev–Trinajstić information content (AvgIpc) is 3.03. The molecule has 5 heteroatoms. The highest BCUT2D eigenvalue weighted by Crippen LogP contribution is 2.27. The van der Waals surface area contributed by atoms with Gasteiger partial charge in [0.1, 0.15) is 0 Å². The van der Waals surface area contributed by atoms with Crippen LogP contribution in [0.2, 0.25) is 5.02 Å². The summed E-state index contributed by atoms with van der Waals surface area (Å²) in [4.78, 5) is 4.09. The van der Waals surface area contributed by atoms with Gasteiger partial charge in [0.05, 0.1) is 26.1 Å². The summed E-state index contributed by atoms with van der Waals surface area (Å²) >= 11 is 5.92. The van der Waals surface area contributed by atoms with Crippen molar-refractivity contribution in [1.29, 1.82) is 0 Å². The minimum absolute atomic E-state index is 0.522. The standard InChI is InChI=1S/C17H21ClN2O2/c18-16-6-4-15(5-7-16)3-1-8-17(21-11-2-12-22-17)13-20-10-9-19-14-20/h4-7,9-10,14H,1-3,8,11-13H2. The predicted octanol–water partition coefficient (Wildman–Crippen LogP) is 3.69. The van der Waals surface area contributed by atoms with Crippen LogP contribution in [-0.4, -0.2) is 28.6 Å². The normalized spacial score (nSPS) is 17.5. The van der Waals surface area contributed by atoms with Gasteiger partial charge in [0.2, 0.25) is 0 Å². The Morgan fingerprint density at radius 1 is 1.18 bits per heavy atom. The molecule has 0 radical (unpaired) electrons. The SMILES string of the molecule is Clc1ccc(CCCC2(Cn3ccnc3)OCCCO2)cc1. The summed E-state index contributed by atoms with van der Waals surface area (Å²) in [5.41, 5.74) is 1.29. The fourth-order valence-electron chi connectivity index (χ4n) is 2.80. The number of ether oxygens (including phenoxy) is 2. The van der Waals surface area contributed by atoms with Gasteiger partial charge in [0.15, 0.2) is 5.79 Å². The van der Waals surface area contributed by atoms with E-state index in [0.29, 0.717) is 6.54 Å². The molecule has 0 aliphatic carbocycles. The van der Waals surface area contributed by atoms with E-state index in [2.05, 4.69) is 17.1 Å². The van der Waals surface area contributed by atoms with Crippen molar-refractivity contribution in [2.45, 2.75) is 38.0 Å². The number of aryl methyl sites for hydroxylation is 1. The number of rotatable bonds is 6. The summed E-state index contributed by atoms with van der Waals surface area (Å²) in [7, 11) is 0. The molecule has 1 aliphatic rings. The third kappa shape index (κ3) is 4.09. The lowest BCUT2D eigenvalue weighted by Crippen LogP contribution is -2.44. The van der Waals surface area contributed by atoms with E-state index in [9.17, 15) is 0 Å². The lowest BCUT2D eigenvalue weighted by molar-refractivity contribution is -0.277. The van der Waals surface area contributed by atoms with Gasteiger partial charge in [-0.25, -0.2) is 4.98 Å². The van der Waals surface area contributed by atoms with Crippen LogP contribution in [0.4, 0.5) is 0 Å². The second-order valence-electron chi connectivity index (χ2n) is 5.68. The second-order valence-corrected chi connectivity index (χ2v) is 6.11. The van der Waals surface area contributed by atoms with E-state index in [-0.39, 0.29) is 0 Å². The van der Waals surface area contributed by atoms with Crippen molar-refractivity contribution in [2.75, 3.05) is 13.2 Å². The molecule has 0 unspecified atom stereocenters. The molecule has 0 amide bonds. The zero-order valence-electron chi connectivity index (χ0n) is 12.6. The summed E-state index contributed by atoms with van der Waals surface area (Å²) < 4.78 is 14.0. The van der Waals surface area contributed by atoms with E-state index < -0.39 is 5.79 Å². The minimum atomic E-state index is -0.522. The fraction of sp³-hybridized carbons (Fsp3) is 0.471. The summed E-state index contributed by atoms with van der Waals surface area (Å²) in [6.45, 7) is 2.21. The predicted molar refractivity (Wildman–Crippen MR) is 85.9 cm³/mol. The van der Waals surface area contributed by atoms with Gasteiger partial charge in [-0.1, -0.05) is 23.7 Å². The number of nitrogens with zero attached hydrogens (tertiary/aromatic N) is 2. The zero-order valence-corrected chi connectivity index (χ0v) is 13.3. The average molecular weight is 321 g/mol. The van der Waals surface area contributed by atoms with Crippen LogP contribution >= 0.6 is 11.6 Å². The number of aromatic nitrogens is 2.